The number of hydrogen-bond donors (Lipinski definition) is 3. The van der Waals surface area contributed by atoms with Gasteiger partial charge in [-0.2, -0.15) is 5.10 Å². The van der Waals surface area contributed by atoms with Crippen molar-refractivity contribution in [2.75, 3.05) is 6.61 Å². The van der Waals surface area contributed by atoms with E-state index in [1.165, 1.54) is 12.8 Å². The molecule has 0 saturated heterocycles. The standard InChI is InChI=1S/C15H21N3O2/c1-11-4-5-13(20-11)14-12(9-17-18-14)8-16-15(10-19)6-2-3-7-15/h4-5,9,16,19H,2-3,6-8,10H2,1H3,(H,17,18). The van der Waals surface area contributed by atoms with Gasteiger partial charge in [0, 0.05) is 17.6 Å². The number of nitrogens with one attached hydrogen (secondary N) is 2. The molecule has 3 rings (SSSR count). The molecule has 0 aromatic carbocycles. The molecule has 3 N–H and O–H groups in total. The molecule has 2 aromatic rings. The van der Waals surface area contributed by atoms with Gasteiger partial charge in [-0.25, -0.2) is 0 Å². The fraction of sp³-hybridized carbons (Fsp3) is 0.533. The van der Waals surface area contributed by atoms with E-state index in [2.05, 4.69) is 15.5 Å². The van der Waals surface area contributed by atoms with Crippen LogP contribution in [0.3, 0.4) is 0 Å². The zero-order valence-corrected chi connectivity index (χ0v) is 11.8. The average molecular weight is 275 g/mol. The molecule has 1 fully saturated rings. The molecular weight excluding hydrogens is 254 g/mol. The molecule has 1 aliphatic carbocycles. The zero-order valence-electron chi connectivity index (χ0n) is 11.8. The van der Waals surface area contributed by atoms with Gasteiger partial charge in [-0.05, 0) is 31.9 Å². The largest absolute Gasteiger partial charge is 0.460 e. The molecule has 0 unspecified atom stereocenters. The summed E-state index contributed by atoms with van der Waals surface area (Å²) < 4.78 is 5.64. The minimum Gasteiger partial charge on any atom is -0.460 e. The highest BCUT2D eigenvalue weighted by molar-refractivity contribution is 5.56. The summed E-state index contributed by atoms with van der Waals surface area (Å²) >= 11 is 0. The average Bonchev–Trinajstić information content (AvgIpc) is 3.17. The fourth-order valence-corrected chi connectivity index (χ4v) is 2.95. The van der Waals surface area contributed by atoms with E-state index in [4.69, 9.17) is 4.42 Å². The molecule has 1 aliphatic rings. The van der Waals surface area contributed by atoms with E-state index >= 15 is 0 Å². The quantitative estimate of drug-likeness (QED) is 0.783. The van der Waals surface area contributed by atoms with Gasteiger partial charge in [-0.15, -0.1) is 0 Å². The van der Waals surface area contributed by atoms with Gasteiger partial charge >= 0.3 is 0 Å². The second kappa shape index (κ2) is 5.42. The van der Waals surface area contributed by atoms with Crippen molar-refractivity contribution < 1.29 is 9.52 Å². The van der Waals surface area contributed by atoms with Crippen molar-refractivity contribution in [3.05, 3.63) is 29.7 Å². The summed E-state index contributed by atoms with van der Waals surface area (Å²) in [5, 5.41) is 20.3. The minimum atomic E-state index is -0.117. The molecule has 108 valence electrons. The lowest BCUT2D eigenvalue weighted by molar-refractivity contribution is 0.163. The maximum atomic E-state index is 9.63. The first-order valence-corrected chi connectivity index (χ1v) is 7.17. The lowest BCUT2D eigenvalue weighted by atomic mass is 9.98. The lowest BCUT2D eigenvalue weighted by Crippen LogP contribution is -2.45. The highest BCUT2D eigenvalue weighted by Crippen LogP contribution is 2.30. The smallest absolute Gasteiger partial charge is 0.152 e. The molecular formula is C15H21N3O2. The second-order valence-electron chi connectivity index (χ2n) is 5.68. The molecule has 0 amide bonds. The number of H-pyrrole nitrogens is 1. The van der Waals surface area contributed by atoms with Crippen molar-refractivity contribution in [1.82, 2.24) is 15.5 Å². The Kier molecular flexibility index (Phi) is 3.63. The predicted octanol–water partition coefficient (Wildman–Crippen LogP) is 2.37. The van der Waals surface area contributed by atoms with Crippen LogP contribution in [0.5, 0.6) is 0 Å². The van der Waals surface area contributed by atoms with Crippen molar-refractivity contribution in [3.63, 3.8) is 0 Å². The van der Waals surface area contributed by atoms with Crippen molar-refractivity contribution in [1.29, 1.82) is 0 Å². The Morgan fingerprint density at radius 3 is 2.85 bits per heavy atom. The number of aromatic nitrogens is 2. The third-order valence-electron chi connectivity index (χ3n) is 4.22. The molecule has 2 aromatic heterocycles. The highest BCUT2D eigenvalue weighted by Gasteiger charge is 2.32. The van der Waals surface area contributed by atoms with Crippen LogP contribution >= 0.6 is 0 Å². The van der Waals surface area contributed by atoms with E-state index in [1.807, 2.05) is 25.3 Å². The number of aliphatic hydroxyl groups is 1. The Labute approximate surface area is 118 Å². The number of rotatable bonds is 5. The number of aryl methyl sites for hydroxylation is 1. The monoisotopic (exact) mass is 275 g/mol. The molecule has 5 heteroatoms. The number of aromatic amines is 1. The first-order valence-electron chi connectivity index (χ1n) is 7.17. The van der Waals surface area contributed by atoms with Crippen LogP contribution in [0, 0.1) is 6.92 Å². The Hall–Kier alpha value is -1.59. The van der Waals surface area contributed by atoms with Gasteiger partial charge in [0.25, 0.3) is 0 Å². The van der Waals surface area contributed by atoms with E-state index in [0.717, 1.165) is 35.6 Å². The van der Waals surface area contributed by atoms with Crippen LogP contribution in [0.25, 0.3) is 11.5 Å². The lowest BCUT2D eigenvalue weighted by Gasteiger charge is -2.28. The van der Waals surface area contributed by atoms with E-state index in [-0.39, 0.29) is 12.1 Å². The Balaban J connectivity index is 1.74. The highest BCUT2D eigenvalue weighted by atomic mass is 16.3. The van der Waals surface area contributed by atoms with Gasteiger partial charge in [-0.1, -0.05) is 12.8 Å². The molecule has 20 heavy (non-hydrogen) atoms. The van der Waals surface area contributed by atoms with Gasteiger partial charge in [0.2, 0.25) is 0 Å². The maximum Gasteiger partial charge on any atom is 0.152 e. The van der Waals surface area contributed by atoms with Crippen molar-refractivity contribution >= 4 is 0 Å². The van der Waals surface area contributed by atoms with E-state index < -0.39 is 0 Å². The van der Waals surface area contributed by atoms with Gasteiger partial charge in [0.05, 0.1) is 12.8 Å². The SMILES string of the molecule is Cc1ccc(-c2[nH]ncc2CNC2(CO)CCCC2)o1. The molecule has 0 radical (unpaired) electrons. The molecule has 0 atom stereocenters. The summed E-state index contributed by atoms with van der Waals surface area (Å²) in [5.74, 6) is 1.69. The Morgan fingerprint density at radius 1 is 1.40 bits per heavy atom. The fourth-order valence-electron chi connectivity index (χ4n) is 2.95. The van der Waals surface area contributed by atoms with Crippen LogP contribution < -0.4 is 5.32 Å². The summed E-state index contributed by atoms with van der Waals surface area (Å²) in [4.78, 5) is 0. The van der Waals surface area contributed by atoms with Gasteiger partial charge in [0.1, 0.15) is 11.5 Å². The van der Waals surface area contributed by atoms with Crippen LogP contribution in [0.4, 0.5) is 0 Å². The van der Waals surface area contributed by atoms with Crippen molar-refractivity contribution in [2.45, 2.75) is 44.7 Å². The van der Waals surface area contributed by atoms with Crippen molar-refractivity contribution in [2.24, 2.45) is 0 Å². The Bertz CT molecular complexity index is 567. The predicted molar refractivity (Wildman–Crippen MR) is 76.2 cm³/mol. The van der Waals surface area contributed by atoms with Gasteiger partial charge in [0.15, 0.2) is 5.76 Å². The summed E-state index contributed by atoms with van der Waals surface area (Å²) in [6, 6.07) is 3.89. The van der Waals surface area contributed by atoms with Crippen LogP contribution in [0.2, 0.25) is 0 Å². The van der Waals surface area contributed by atoms with Crippen molar-refractivity contribution in [3.8, 4) is 11.5 Å². The molecule has 1 saturated carbocycles. The topological polar surface area (TPSA) is 74.1 Å². The van der Waals surface area contributed by atoms with Gasteiger partial charge < -0.3 is 14.8 Å². The van der Waals surface area contributed by atoms with Gasteiger partial charge in [-0.3, -0.25) is 5.10 Å². The number of hydrogen-bond acceptors (Lipinski definition) is 4. The first kappa shape index (κ1) is 13.4. The normalized spacial score (nSPS) is 17.7. The Morgan fingerprint density at radius 2 is 2.20 bits per heavy atom. The number of nitrogens with zero attached hydrogens (tertiary/aromatic N) is 1. The summed E-state index contributed by atoms with van der Waals surface area (Å²) in [5.41, 5.74) is 1.86. The number of aliphatic hydroxyl groups excluding tert-OH is 1. The minimum absolute atomic E-state index is 0.117. The molecule has 2 heterocycles. The number of furan rings is 1. The van der Waals surface area contributed by atoms with Crippen LogP contribution in [0.1, 0.15) is 37.0 Å². The second-order valence-corrected chi connectivity index (χ2v) is 5.68. The van der Waals surface area contributed by atoms with E-state index in [0.29, 0.717) is 6.54 Å². The summed E-state index contributed by atoms with van der Waals surface area (Å²) in [7, 11) is 0. The van der Waals surface area contributed by atoms with Crippen LogP contribution in [-0.4, -0.2) is 27.4 Å². The maximum absolute atomic E-state index is 9.63. The van der Waals surface area contributed by atoms with E-state index in [1.54, 1.807) is 0 Å². The van der Waals surface area contributed by atoms with Crippen LogP contribution in [-0.2, 0) is 6.54 Å². The molecule has 5 nitrogen and oxygen atoms in total. The summed E-state index contributed by atoms with van der Waals surface area (Å²) in [6.45, 7) is 2.81. The third kappa shape index (κ3) is 2.51. The first-order chi connectivity index (χ1) is 9.72. The molecule has 0 spiro atoms. The molecule has 0 aliphatic heterocycles. The third-order valence-corrected chi connectivity index (χ3v) is 4.22. The zero-order chi connectivity index (χ0) is 14.0. The summed E-state index contributed by atoms with van der Waals surface area (Å²) in [6.07, 6.45) is 6.26. The molecule has 0 bridgehead atoms. The van der Waals surface area contributed by atoms with E-state index in [9.17, 15) is 5.11 Å². The van der Waals surface area contributed by atoms with Crippen LogP contribution in [0.15, 0.2) is 22.7 Å².